The van der Waals surface area contributed by atoms with Gasteiger partial charge >= 0.3 is 0 Å². The van der Waals surface area contributed by atoms with Crippen molar-refractivity contribution in [2.45, 2.75) is 156 Å². The Morgan fingerprint density at radius 2 is 1.48 bits per heavy atom. The van der Waals surface area contributed by atoms with Crippen LogP contribution >= 0.6 is 0 Å². The van der Waals surface area contributed by atoms with Gasteiger partial charge in [0.25, 0.3) is 5.91 Å². The molecule has 0 unspecified atom stereocenters. The highest BCUT2D eigenvalue weighted by Gasteiger charge is 2.43. The van der Waals surface area contributed by atoms with Crippen molar-refractivity contribution in [2.24, 2.45) is 35.5 Å². The predicted molar refractivity (Wildman–Crippen MR) is 236 cm³/mol. The highest BCUT2D eigenvalue weighted by molar-refractivity contribution is 7.90. The number of likely N-dealkylation sites (N-methyl/N-ethyl adjacent to an activating group) is 2. The maximum atomic E-state index is 14.4. The third kappa shape index (κ3) is 13.6. The van der Waals surface area contributed by atoms with E-state index in [-0.39, 0.29) is 78.9 Å². The van der Waals surface area contributed by atoms with Crippen LogP contribution in [0, 0.1) is 35.5 Å². The fourth-order valence-electron chi connectivity index (χ4n) is 8.92. The number of hydrogen-bond acceptors (Lipinski definition) is 9. The fraction of sp³-hybridized carbons (Fsp3) is 0.739. The molecule has 1 aromatic rings. The Kier molecular flexibility index (Phi) is 19.4. The molecular weight excluding hydrogens is 799 g/mol. The van der Waals surface area contributed by atoms with E-state index >= 15 is 0 Å². The maximum Gasteiger partial charge on any atom is 0.256 e. The van der Waals surface area contributed by atoms with E-state index in [1.54, 1.807) is 32.8 Å². The van der Waals surface area contributed by atoms with Gasteiger partial charge in [-0.3, -0.25) is 33.5 Å². The quantitative estimate of drug-likeness (QED) is 0.145. The highest BCUT2D eigenvalue weighted by atomic mass is 32.2. The molecule has 0 bridgehead atoms. The molecule has 15 heteroatoms. The Bertz CT molecular complexity index is 1770. The summed E-state index contributed by atoms with van der Waals surface area (Å²) in [5.41, 5.74) is 0.761. The van der Waals surface area contributed by atoms with E-state index in [1.807, 2.05) is 83.7 Å². The van der Waals surface area contributed by atoms with Gasteiger partial charge in [0.2, 0.25) is 33.7 Å². The molecule has 0 radical (unpaired) electrons. The number of ether oxygens (including phenoxy) is 1. The number of carbonyl (C=O) groups excluding carboxylic acids is 6. The standard InChI is InChI=1S/C46H75N5O9S/c1-13-30(7)43(50(11)46(57)35(28(3)4)26-38(52)42(29(5)6)49(10)40(53)14-2)39(60-12)27-41(54)51-24-18-21-37(51)31(8)32(9)44(55)47-36(25-33-19-16-15-17-20-33)45(56)48-61(58,59)34-22-23-34/h15-17,19-20,28-32,34-37,39,42-43H,13-14,18,21-27H2,1-12H3,(H,47,55)(H,48,56)/t30-,31+,32+,35-,36-,37-,39+,42-,43-/m0/s1. The summed E-state index contributed by atoms with van der Waals surface area (Å²) in [4.78, 5) is 87.4. The number of Topliss-reactive ketones (excluding diaryl/α,β-unsaturated/α-hetero) is 1. The number of carbonyl (C=O) groups is 6. The van der Waals surface area contributed by atoms with Crippen molar-refractivity contribution in [3.8, 4) is 0 Å². The number of ketones is 1. The number of sulfonamides is 1. The molecule has 1 aliphatic carbocycles. The molecule has 1 saturated carbocycles. The minimum absolute atomic E-state index is 0.00760. The van der Waals surface area contributed by atoms with Crippen LogP contribution < -0.4 is 10.0 Å². The first-order valence-corrected chi connectivity index (χ1v) is 23.9. The van der Waals surface area contributed by atoms with Gasteiger partial charge in [0.1, 0.15) is 6.04 Å². The molecule has 9 atom stereocenters. The Hall–Kier alpha value is -3.85. The number of amides is 5. The molecule has 61 heavy (non-hydrogen) atoms. The summed E-state index contributed by atoms with van der Waals surface area (Å²) in [5, 5.41) is 2.23. The predicted octanol–water partition coefficient (Wildman–Crippen LogP) is 4.99. The largest absolute Gasteiger partial charge is 0.379 e. The molecule has 344 valence electrons. The number of likely N-dealkylation sites (tertiary alicyclic amines) is 1. The summed E-state index contributed by atoms with van der Waals surface area (Å²) in [6.45, 7) is 17.6. The van der Waals surface area contributed by atoms with E-state index in [0.717, 1.165) is 12.0 Å². The first kappa shape index (κ1) is 51.5. The molecule has 1 heterocycles. The fourth-order valence-corrected chi connectivity index (χ4v) is 10.3. The third-order valence-electron chi connectivity index (χ3n) is 13.2. The number of methoxy groups -OCH3 is 1. The lowest BCUT2D eigenvalue weighted by atomic mass is 9.83. The van der Waals surface area contributed by atoms with Crippen molar-refractivity contribution in [3.05, 3.63) is 35.9 Å². The Balaban J connectivity index is 1.78. The zero-order valence-corrected chi connectivity index (χ0v) is 39.6. The van der Waals surface area contributed by atoms with Gasteiger partial charge in [-0.05, 0) is 54.9 Å². The highest BCUT2D eigenvalue weighted by Crippen LogP contribution is 2.33. The average Bonchev–Trinajstić information content (AvgIpc) is 3.98. The third-order valence-corrected chi connectivity index (χ3v) is 15.1. The number of hydrogen-bond donors (Lipinski definition) is 2. The van der Waals surface area contributed by atoms with E-state index in [2.05, 4.69) is 10.0 Å². The molecule has 2 aliphatic rings. The second kappa shape index (κ2) is 23.0. The summed E-state index contributed by atoms with van der Waals surface area (Å²) in [7, 11) is 1.06. The smallest absolute Gasteiger partial charge is 0.256 e. The normalized spacial score (nSPS) is 19.6. The van der Waals surface area contributed by atoms with Crippen LogP contribution in [0.25, 0.3) is 0 Å². The lowest BCUT2D eigenvalue weighted by molar-refractivity contribution is -0.149. The van der Waals surface area contributed by atoms with Gasteiger partial charge < -0.3 is 24.8 Å². The van der Waals surface area contributed by atoms with Crippen LogP contribution in [-0.4, -0.2) is 122 Å². The van der Waals surface area contributed by atoms with Crippen molar-refractivity contribution in [1.82, 2.24) is 24.7 Å². The van der Waals surface area contributed by atoms with E-state index in [0.29, 0.717) is 32.2 Å². The molecule has 14 nitrogen and oxygen atoms in total. The SMILES string of the molecule is CCC(=O)N(C)[C@H](C(=O)C[C@H](C(=O)N(C)[C@@H]([C@@H](C)CC)[C@@H](CC(=O)N1CCC[C@H]1[C@H](C)[C@@H](C)C(=O)N[C@@H](Cc1ccccc1)C(=O)NS(=O)(=O)C1CC1)OC)C(C)C)C(C)C. The monoisotopic (exact) mass is 874 g/mol. The zero-order valence-electron chi connectivity index (χ0n) is 38.8. The van der Waals surface area contributed by atoms with E-state index < -0.39 is 63.2 Å². The molecule has 2 fully saturated rings. The van der Waals surface area contributed by atoms with Crippen LogP contribution in [0.2, 0.25) is 0 Å². The van der Waals surface area contributed by atoms with Gasteiger partial charge in [0, 0.05) is 64.9 Å². The molecule has 0 spiro atoms. The van der Waals surface area contributed by atoms with Crippen molar-refractivity contribution < 1.29 is 41.9 Å². The van der Waals surface area contributed by atoms with Gasteiger partial charge in [-0.1, -0.05) is 99.1 Å². The molecular formula is C46H75N5O9S. The molecule has 2 N–H and O–H groups in total. The molecule has 1 aromatic carbocycles. The minimum atomic E-state index is -3.84. The number of rotatable bonds is 24. The summed E-state index contributed by atoms with van der Waals surface area (Å²) >= 11 is 0. The zero-order chi connectivity index (χ0) is 45.9. The topological polar surface area (TPSA) is 180 Å². The lowest BCUT2D eigenvalue weighted by Gasteiger charge is -2.41. The summed E-state index contributed by atoms with van der Waals surface area (Å²) in [6.07, 6.45) is 2.76. The number of benzene rings is 1. The van der Waals surface area contributed by atoms with E-state index in [1.165, 1.54) is 12.0 Å². The van der Waals surface area contributed by atoms with Crippen molar-refractivity contribution in [2.75, 3.05) is 27.7 Å². The first-order valence-electron chi connectivity index (χ1n) is 22.4. The van der Waals surface area contributed by atoms with E-state index in [9.17, 15) is 37.2 Å². The second-order valence-corrected chi connectivity index (χ2v) is 20.2. The Morgan fingerprint density at radius 3 is 2.00 bits per heavy atom. The van der Waals surface area contributed by atoms with Crippen molar-refractivity contribution in [1.29, 1.82) is 0 Å². The molecule has 1 aliphatic heterocycles. The molecule has 5 amide bonds. The summed E-state index contributed by atoms with van der Waals surface area (Å²) < 4.78 is 33.6. The summed E-state index contributed by atoms with van der Waals surface area (Å²) in [6, 6.07) is 6.52. The lowest BCUT2D eigenvalue weighted by Crippen LogP contribution is -2.54. The van der Waals surface area contributed by atoms with Crippen LogP contribution in [0.3, 0.4) is 0 Å². The molecule has 0 aromatic heterocycles. The van der Waals surface area contributed by atoms with Gasteiger partial charge in [0.15, 0.2) is 5.78 Å². The Labute approximate surface area is 365 Å². The minimum Gasteiger partial charge on any atom is -0.379 e. The maximum absolute atomic E-state index is 14.4. The Morgan fingerprint density at radius 1 is 0.852 bits per heavy atom. The number of nitrogens with zero attached hydrogens (tertiary/aromatic N) is 3. The van der Waals surface area contributed by atoms with Crippen LogP contribution in [-0.2, 0) is 49.9 Å². The van der Waals surface area contributed by atoms with Crippen molar-refractivity contribution in [3.63, 3.8) is 0 Å². The van der Waals surface area contributed by atoms with Crippen LogP contribution in [0.4, 0.5) is 0 Å². The number of nitrogens with one attached hydrogen (secondary N) is 2. The summed E-state index contributed by atoms with van der Waals surface area (Å²) in [5.74, 6) is -3.85. The van der Waals surface area contributed by atoms with Crippen LogP contribution in [0.5, 0.6) is 0 Å². The van der Waals surface area contributed by atoms with Crippen molar-refractivity contribution >= 4 is 45.3 Å². The van der Waals surface area contributed by atoms with Gasteiger partial charge in [0.05, 0.1) is 29.9 Å². The van der Waals surface area contributed by atoms with Gasteiger partial charge in [-0.2, -0.15) is 0 Å². The van der Waals surface area contributed by atoms with E-state index in [4.69, 9.17) is 4.74 Å². The van der Waals surface area contributed by atoms with Crippen LogP contribution in [0.15, 0.2) is 30.3 Å². The molecule has 3 rings (SSSR count). The second-order valence-electron chi connectivity index (χ2n) is 18.3. The molecule has 1 saturated heterocycles. The van der Waals surface area contributed by atoms with Gasteiger partial charge in [-0.15, -0.1) is 0 Å². The average molecular weight is 874 g/mol. The first-order chi connectivity index (χ1) is 28.6. The van der Waals surface area contributed by atoms with Gasteiger partial charge in [-0.25, -0.2) is 8.42 Å². The van der Waals surface area contributed by atoms with Crippen LogP contribution in [0.1, 0.15) is 119 Å².